The zero-order valence-corrected chi connectivity index (χ0v) is 15.1. The van der Waals surface area contributed by atoms with Crippen LogP contribution in [-0.4, -0.2) is 38.1 Å². The van der Waals surface area contributed by atoms with Crippen molar-refractivity contribution >= 4 is 11.6 Å². The molecule has 0 fully saturated rings. The fraction of sp³-hybridized carbons (Fsp3) is 0.350. The Labute approximate surface area is 150 Å². The van der Waals surface area contributed by atoms with E-state index >= 15 is 0 Å². The van der Waals surface area contributed by atoms with Gasteiger partial charge < -0.3 is 20.7 Å². The Bertz CT molecular complexity index is 658. The Hall–Kier alpha value is -2.37. The van der Waals surface area contributed by atoms with E-state index in [4.69, 9.17) is 10.5 Å². The van der Waals surface area contributed by atoms with Crippen LogP contribution in [0.4, 0.5) is 5.69 Å². The summed E-state index contributed by atoms with van der Waals surface area (Å²) in [5, 5.41) is 3.16. The van der Waals surface area contributed by atoms with Gasteiger partial charge in [-0.25, -0.2) is 0 Å². The van der Waals surface area contributed by atoms with Crippen LogP contribution in [0.3, 0.4) is 0 Å². The maximum atomic E-state index is 6.00. The predicted molar refractivity (Wildman–Crippen MR) is 105 cm³/mol. The summed E-state index contributed by atoms with van der Waals surface area (Å²) in [6.45, 7) is 3.17. The van der Waals surface area contributed by atoms with E-state index in [0.29, 0.717) is 19.1 Å². The van der Waals surface area contributed by atoms with Crippen LogP contribution in [0, 0.1) is 0 Å². The fourth-order valence-corrected chi connectivity index (χ4v) is 2.62. The number of hydrogen-bond acceptors (Lipinski definition) is 3. The van der Waals surface area contributed by atoms with Crippen molar-refractivity contribution in [2.75, 3.05) is 32.6 Å². The van der Waals surface area contributed by atoms with E-state index < -0.39 is 0 Å². The summed E-state index contributed by atoms with van der Waals surface area (Å²) in [7, 11) is 3.81. The molecule has 2 rings (SSSR count). The first-order chi connectivity index (χ1) is 12.2. The molecule has 0 amide bonds. The Morgan fingerprint density at radius 2 is 1.84 bits per heavy atom. The molecule has 0 saturated carbocycles. The molecule has 0 heterocycles. The summed E-state index contributed by atoms with van der Waals surface area (Å²) in [4.78, 5) is 6.71. The molecule has 2 aromatic rings. The maximum absolute atomic E-state index is 6.00. The zero-order valence-electron chi connectivity index (χ0n) is 15.1. The van der Waals surface area contributed by atoms with Crippen LogP contribution in [0.5, 0.6) is 0 Å². The van der Waals surface area contributed by atoms with E-state index in [-0.39, 0.29) is 0 Å². The molecule has 0 aliphatic carbocycles. The zero-order chi connectivity index (χ0) is 17.9. The van der Waals surface area contributed by atoms with Crippen LogP contribution < -0.4 is 11.1 Å². The average Bonchev–Trinajstić information content (AvgIpc) is 2.61. The van der Waals surface area contributed by atoms with Crippen molar-refractivity contribution in [1.29, 1.82) is 0 Å². The van der Waals surface area contributed by atoms with Crippen molar-refractivity contribution in [3.63, 3.8) is 0 Å². The van der Waals surface area contributed by atoms with Gasteiger partial charge in [0.25, 0.3) is 0 Å². The first-order valence-electron chi connectivity index (χ1n) is 8.55. The third-order valence-electron chi connectivity index (χ3n) is 3.86. The number of anilines is 1. The normalized spacial score (nSPS) is 11.7. The lowest BCUT2D eigenvalue weighted by molar-refractivity contribution is 0.185. The standard InChI is InChI=1S/C20H28N4O/c1-24(15-17-9-4-3-5-10-17)14-8-13-22-20(21)23-19-12-7-6-11-18(19)16-25-2/h3-7,9-12H,8,13-16H2,1-2H3,(H3,21,22,23). The summed E-state index contributed by atoms with van der Waals surface area (Å²) in [6.07, 6.45) is 0.964. The topological polar surface area (TPSA) is 62.9 Å². The highest BCUT2D eigenvalue weighted by Crippen LogP contribution is 2.15. The quantitative estimate of drug-likeness (QED) is 0.418. The molecule has 0 aliphatic rings. The van der Waals surface area contributed by atoms with Crippen LogP contribution in [0.1, 0.15) is 17.5 Å². The van der Waals surface area contributed by atoms with Gasteiger partial charge in [0.1, 0.15) is 0 Å². The second-order valence-electron chi connectivity index (χ2n) is 6.06. The minimum Gasteiger partial charge on any atom is -0.380 e. The van der Waals surface area contributed by atoms with Gasteiger partial charge in [0.15, 0.2) is 5.96 Å². The first kappa shape index (κ1) is 19.0. The Kier molecular flexibility index (Phi) is 7.95. The molecular weight excluding hydrogens is 312 g/mol. The second kappa shape index (κ2) is 10.5. The number of benzene rings is 2. The van der Waals surface area contributed by atoms with E-state index in [2.05, 4.69) is 46.5 Å². The number of nitrogens with zero attached hydrogens (tertiary/aromatic N) is 2. The van der Waals surface area contributed by atoms with Crippen molar-refractivity contribution < 1.29 is 4.74 Å². The van der Waals surface area contributed by atoms with Crippen molar-refractivity contribution in [1.82, 2.24) is 4.90 Å². The number of nitrogens with two attached hydrogens (primary N) is 1. The van der Waals surface area contributed by atoms with E-state index in [0.717, 1.165) is 30.8 Å². The van der Waals surface area contributed by atoms with Crippen molar-refractivity contribution in [2.24, 2.45) is 10.7 Å². The number of para-hydroxylation sites is 1. The molecular formula is C20H28N4O. The lowest BCUT2D eigenvalue weighted by Crippen LogP contribution is -2.24. The highest BCUT2D eigenvalue weighted by Gasteiger charge is 2.03. The van der Waals surface area contributed by atoms with Gasteiger partial charge in [-0.2, -0.15) is 0 Å². The number of ether oxygens (including phenoxy) is 1. The number of hydrogen-bond donors (Lipinski definition) is 2. The second-order valence-corrected chi connectivity index (χ2v) is 6.06. The molecule has 5 nitrogen and oxygen atoms in total. The van der Waals surface area contributed by atoms with Crippen LogP contribution >= 0.6 is 0 Å². The van der Waals surface area contributed by atoms with Crippen LogP contribution in [-0.2, 0) is 17.9 Å². The van der Waals surface area contributed by atoms with Gasteiger partial charge in [0.05, 0.1) is 6.61 Å². The maximum Gasteiger partial charge on any atom is 0.193 e. The molecule has 0 radical (unpaired) electrons. The van der Waals surface area contributed by atoms with Gasteiger partial charge in [-0.05, 0) is 31.6 Å². The summed E-state index contributed by atoms with van der Waals surface area (Å²) in [5.41, 5.74) is 9.32. The fourth-order valence-electron chi connectivity index (χ4n) is 2.62. The Balaban J connectivity index is 1.74. The molecule has 134 valence electrons. The van der Waals surface area contributed by atoms with Gasteiger partial charge >= 0.3 is 0 Å². The monoisotopic (exact) mass is 340 g/mol. The molecule has 25 heavy (non-hydrogen) atoms. The SMILES string of the molecule is COCc1ccccc1NC(N)=NCCCN(C)Cc1ccccc1. The highest BCUT2D eigenvalue weighted by atomic mass is 16.5. The molecule has 0 aromatic heterocycles. The number of nitrogens with one attached hydrogen (secondary N) is 1. The number of methoxy groups -OCH3 is 1. The molecule has 5 heteroatoms. The average molecular weight is 340 g/mol. The van der Waals surface area contributed by atoms with E-state index in [1.165, 1.54) is 5.56 Å². The number of rotatable bonds is 9. The largest absolute Gasteiger partial charge is 0.380 e. The molecule has 2 aromatic carbocycles. The summed E-state index contributed by atoms with van der Waals surface area (Å²) in [6, 6.07) is 18.4. The van der Waals surface area contributed by atoms with Gasteiger partial charge in [-0.15, -0.1) is 0 Å². The van der Waals surface area contributed by atoms with Crippen molar-refractivity contribution in [3.05, 3.63) is 65.7 Å². The van der Waals surface area contributed by atoms with Gasteiger partial charge in [0, 0.05) is 31.5 Å². The van der Waals surface area contributed by atoms with Gasteiger partial charge in [-0.1, -0.05) is 48.5 Å². The predicted octanol–water partition coefficient (Wildman–Crippen LogP) is 3.08. The van der Waals surface area contributed by atoms with Crippen LogP contribution in [0.15, 0.2) is 59.6 Å². The third-order valence-corrected chi connectivity index (χ3v) is 3.86. The lowest BCUT2D eigenvalue weighted by atomic mass is 10.2. The minimum atomic E-state index is 0.439. The smallest absolute Gasteiger partial charge is 0.193 e. The minimum absolute atomic E-state index is 0.439. The van der Waals surface area contributed by atoms with Crippen molar-refractivity contribution in [3.8, 4) is 0 Å². The molecule has 0 bridgehead atoms. The van der Waals surface area contributed by atoms with Crippen LogP contribution in [0.25, 0.3) is 0 Å². The van der Waals surface area contributed by atoms with Gasteiger partial charge in [0.2, 0.25) is 0 Å². The molecule has 0 spiro atoms. The molecule has 3 N–H and O–H groups in total. The number of guanidine groups is 1. The summed E-state index contributed by atoms with van der Waals surface area (Å²) < 4.78 is 5.20. The summed E-state index contributed by atoms with van der Waals surface area (Å²) >= 11 is 0. The van der Waals surface area contributed by atoms with Crippen LogP contribution in [0.2, 0.25) is 0 Å². The molecule has 0 saturated heterocycles. The first-order valence-corrected chi connectivity index (χ1v) is 8.55. The van der Waals surface area contributed by atoms with E-state index in [1.807, 2.05) is 30.3 Å². The third kappa shape index (κ3) is 6.95. The molecule has 0 aliphatic heterocycles. The Morgan fingerprint density at radius 3 is 2.60 bits per heavy atom. The molecule has 0 unspecified atom stereocenters. The van der Waals surface area contributed by atoms with E-state index in [9.17, 15) is 0 Å². The Morgan fingerprint density at radius 1 is 1.12 bits per heavy atom. The lowest BCUT2D eigenvalue weighted by Gasteiger charge is -2.16. The summed E-state index contributed by atoms with van der Waals surface area (Å²) in [5.74, 6) is 0.439. The molecule has 0 atom stereocenters. The van der Waals surface area contributed by atoms with E-state index in [1.54, 1.807) is 7.11 Å². The van der Waals surface area contributed by atoms with Gasteiger partial charge in [-0.3, -0.25) is 4.99 Å². The highest BCUT2D eigenvalue weighted by molar-refractivity contribution is 5.92. The van der Waals surface area contributed by atoms with Crippen molar-refractivity contribution in [2.45, 2.75) is 19.6 Å². The number of aliphatic imine (C=N–C) groups is 1.